The van der Waals surface area contributed by atoms with Crippen molar-refractivity contribution in [1.29, 1.82) is 0 Å². The highest BCUT2D eigenvalue weighted by molar-refractivity contribution is 5.84. The third-order valence-electron chi connectivity index (χ3n) is 2.39. The molecule has 0 fully saturated rings. The van der Waals surface area contributed by atoms with E-state index in [2.05, 4.69) is 10.5 Å². The topological polar surface area (TPSA) is 57.3 Å². The molecule has 2 rings (SSSR count). The first-order chi connectivity index (χ1) is 7.31. The van der Waals surface area contributed by atoms with E-state index in [9.17, 15) is 5.11 Å². The van der Waals surface area contributed by atoms with E-state index in [4.69, 9.17) is 4.84 Å². The number of H-pyrrole nitrogens is 1. The van der Waals surface area contributed by atoms with E-state index in [-0.39, 0.29) is 0 Å². The molecule has 0 saturated heterocycles. The van der Waals surface area contributed by atoms with E-state index in [0.717, 1.165) is 23.9 Å². The van der Waals surface area contributed by atoms with E-state index in [1.165, 1.54) is 5.56 Å². The van der Waals surface area contributed by atoms with E-state index >= 15 is 0 Å². The first-order valence-electron chi connectivity index (χ1n) is 4.86. The molecule has 2 aromatic rings. The van der Waals surface area contributed by atoms with Gasteiger partial charge in [0, 0.05) is 23.6 Å². The summed E-state index contributed by atoms with van der Waals surface area (Å²) in [5.41, 5.74) is 5.00. The summed E-state index contributed by atoms with van der Waals surface area (Å²) >= 11 is 0. The summed E-state index contributed by atoms with van der Waals surface area (Å²) in [7, 11) is 1.60. The average Bonchev–Trinajstić information content (AvgIpc) is 2.62. The first kappa shape index (κ1) is 10.0. The Bertz CT molecular complexity index is 451. The molecule has 15 heavy (non-hydrogen) atoms. The predicted molar refractivity (Wildman–Crippen MR) is 58.7 cm³/mol. The van der Waals surface area contributed by atoms with Crippen molar-refractivity contribution in [2.45, 2.75) is 6.42 Å². The molecule has 1 heterocycles. The van der Waals surface area contributed by atoms with Crippen molar-refractivity contribution in [3.63, 3.8) is 0 Å². The molecule has 0 aliphatic carbocycles. The zero-order valence-corrected chi connectivity index (χ0v) is 8.58. The van der Waals surface area contributed by atoms with Crippen LogP contribution in [0, 0.1) is 0 Å². The quantitative estimate of drug-likeness (QED) is 0.525. The molecule has 80 valence electrons. The van der Waals surface area contributed by atoms with Crippen LogP contribution in [0.4, 0.5) is 0 Å². The number of aromatic nitrogens is 1. The standard InChI is InChI=1S/C11H14N2O2/c1-15-13-5-4-8-7-12-11-3-2-9(14)6-10(8)11/h2-3,6-7,12-14H,4-5H2,1H3. The molecule has 4 heteroatoms. The summed E-state index contributed by atoms with van der Waals surface area (Å²) in [6.45, 7) is 0.749. The summed E-state index contributed by atoms with van der Waals surface area (Å²) in [6.07, 6.45) is 2.82. The Morgan fingerprint density at radius 3 is 3.13 bits per heavy atom. The third-order valence-corrected chi connectivity index (χ3v) is 2.39. The van der Waals surface area contributed by atoms with Crippen LogP contribution in [0.15, 0.2) is 24.4 Å². The molecule has 0 radical (unpaired) electrons. The second kappa shape index (κ2) is 4.33. The van der Waals surface area contributed by atoms with Crippen LogP contribution in [0.25, 0.3) is 10.9 Å². The molecule has 1 aromatic carbocycles. The number of aromatic amines is 1. The van der Waals surface area contributed by atoms with E-state index in [1.54, 1.807) is 19.2 Å². The zero-order chi connectivity index (χ0) is 10.7. The number of rotatable bonds is 4. The van der Waals surface area contributed by atoms with Gasteiger partial charge in [0.2, 0.25) is 0 Å². The van der Waals surface area contributed by atoms with Crippen molar-refractivity contribution in [1.82, 2.24) is 10.5 Å². The number of aromatic hydroxyl groups is 1. The minimum absolute atomic E-state index is 0.294. The number of fused-ring (bicyclic) bond motifs is 1. The van der Waals surface area contributed by atoms with Crippen molar-refractivity contribution in [3.8, 4) is 5.75 Å². The predicted octanol–water partition coefficient (Wildman–Crippen LogP) is 1.57. The van der Waals surface area contributed by atoms with Crippen LogP contribution in [0.1, 0.15) is 5.56 Å². The van der Waals surface area contributed by atoms with E-state index in [0.29, 0.717) is 5.75 Å². The lowest BCUT2D eigenvalue weighted by atomic mass is 10.1. The van der Waals surface area contributed by atoms with Gasteiger partial charge in [0.1, 0.15) is 5.75 Å². The Morgan fingerprint density at radius 1 is 1.47 bits per heavy atom. The second-order valence-electron chi connectivity index (χ2n) is 3.39. The van der Waals surface area contributed by atoms with Crippen LogP contribution in [-0.2, 0) is 11.3 Å². The van der Waals surface area contributed by atoms with Crippen molar-refractivity contribution >= 4 is 10.9 Å². The maximum atomic E-state index is 9.39. The Morgan fingerprint density at radius 2 is 2.33 bits per heavy atom. The maximum absolute atomic E-state index is 9.39. The van der Waals surface area contributed by atoms with Gasteiger partial charge in [-0.05, 0) is 30.2 Å². The molecule has 0 unspecified atom stereocenters. The molecule has 3 N–H and O–H groups in total. The van der Waals surface area contributed by atoms with Gasteiger partial charge in [0.05, 0.1) is 7.11 Å². The highest BCUT2D eigenvalue weighted by Gasteiger charge is 2.03. The summed E-state index contributed by atoms with van der Waals surface area (Å²) in [4.78, 5) is 7.93. The number of phenolic OH excluding ortho intramolecular Hbond substituents is 1. The molecule has 0 aliphatic rings. The zero-order valence-electron chi connectivity index (χ0n) is 8.58. The van der Waals surface area contributed by atoms with Crippen LogP contribution in [0.3, 0.4) is 0 Å². The van der Waals surface area contributed by atoms with Gasteiger partial charge in [0.15, 0.2) is 0 Å². The highest BCUT2D eigenvalue weighted by Crippen LogP contribution is 2.22. The second-order valence-corrected chi connectivity index (χ2v) is 3.39. The Labute approximate surface area is 87.8 Å². The van der Waals surface area contributed by atoms with E-state index in [1.807, 2.05) is 12.3 Å². The largest absolute Gasteiger partial charge is 0.508 e. The molecular weight excluding hydrogens is 192 g/mol. The minimum Gasteiger partial charge on any atom is -0.508 e. The third kappa shape index (κ3) is 2.11. The molecule has 0 bridgehead atoms. The Balaban J connectivity index is 2.23. The summed E-state index contributed by atoms with van der Waals surface area (Å²) in [6, 6.07) is 5.32. The van der Waals surface area contributed by atoms with Crippen molar-refractivity contribution in [2.24, 2.45) is 0 Å². The minimum atomic E-state index is 0.294. The van der Waals surface area contributed by atoms with Gasteiger partial charge in [-0.15, -0.1) is 0 Å². The maximum Gasteiger partial charge on any atom is 0.116 e. The van der Waals surface area contributed by atoms with Crippen LogP contribution in [0.5, 0.6) is 5.75 Å². The molecule has 0 atom stereocenters. The summed E-state index contributed by atoms with van der Waals surface area (Å²) < 4.78 is 0. The number of hydrogen-bond donors (Lipinski definition) is 3. The molecule has 1 aromatic heterocycles. The van der Waals surface area contributed by atoms with Gasteiger partial charge < -0.3 is 14.9 Å². The lowest BCUT2D eigenvalue weighted by Crippen LogP contribution is -2.14. The van der Waals surface area contributed by atoms with Crippen LogP contribution in [0.2, 0.25) is 0 Å². The van der Waals surface area contributed by atoms with Gasteiger partial charge >= 0.3 is 0 Å². The smallest absolute Gasteiger partial charge is 0.116 e. The van der Waals surface area contributed by atoms with Crippen LogP contribution >= 0.6 is 0 Å². The number of nitrogens with one attached hydrogen (secondary N) is 2. The fourth-order valence-corrected chi connectivity index (χ4v) is 1.66. The van der Waals surface area contributed by atoms with Crippen LogP contribution in [-0.4, -0.2) is 23.7 Å². The normalized spacial score (nSPS) is 11.0. The number of hydroxylamine groups is 1. The number of benzene rings is 1. The summed E-state index contributed by atoms with van der Waals surface area (Å²) in [5.74, 6) is 0.294. The number of phenols is 1. The fraction of sp³-hybridized carbons (Fsp3) is 0.273. The molecular formula is C11H14N2O2. The van der Waals surface area contributed by atoms with Crippen molar-refractivity contribution < 1.29 is 9.94 Å². The van der Waals surface area contributed by atoms with Crippen LogP contribution < -0.4 is 5.48 Å². The van der Waals surface area contributed by atoms with Gasteiger partial charge in [0.25, 0.3) is 0 Å². The molecule has 0 saturated carbocycles. The van der Waals surface area contributed by atoms with Crippen molar-refractivity contribution in [3.05, 3.63) is 30.0 Å². The molecule has 0 spiro atoms. The lowest BCUT2D eigenvalue weighted by molar-refractivity contribution is 0.0928. The first-order valence-corrected chi connectivity index (χ1v) is 4.86. The number of hydrogen-bond acceptors (Lipinski definition) is 3. The van der Waals surface area contributed by atoms with E-state index < -0.39 is 0 Å². The van der Waals surface area contributed by atoms with Gasteiger partial charge in [-0.1, -0.05) is 0 Å². The van der Waals surface area contributed by atoms with Crippen molar-refractivity contribution in [2.75, 3.05) is 13.7 Å². The van der Waals surface area contributed by atoms with Gasteiger partial charge in [-0.2, -0.15) is 0 Å². The van der Waals surface area contributed by atoms with Gasteiger partial charge in [-0.3, -0.25) is 0 Å². The monoisotopic (exact) mass is 206 g/mol. The Kier molecular flexibility index (Phi) is 2.89. The molecule has 4 nitrogen and oxygen atoms in total. The van der Waals surface area contributed by atoms with Gasteiger partial charge in [-0.25, -0.2) is 5.48 Å². The lowest BCUT2D eigenvalue weighted by Gasteiger charge is -2.00. The Hall–Kier alpha value is -1.52. The fourth-order valence-electron chi connectivity index (χ4n) is 1.66. The summed E-state index contributed by atoms with van der Waals surface area (Å²) in [5, 5.41) is 10.5. The SMILES string of the molecule is CONCCc1c[nH]c2ccc(O)cc12. The highest BCUT2D eigenvalue weighted by atomic mass is 16.6. The molecule has 0 amide bonds. The molecule has 0 aliphatic heterocycles. The average molecular weight is 206 g/mol.